The van der Waals surface area contributed by atoms with Gasteiger partial charge in [0.2, 0.25) is 23.6 Å². The Morgan fingerprint density at radius 3 is 0.963 bits per heavy atom. The van der Waals surface area contributed by atoms with Crippen LogP contribution in [0.15, 0.2) is 198 Å². The topological polar surface area (TPSA) is 310 Å². The van der Waals surface area contributed by atoms with Crippen molar-refractivity contribution in [1.82, 2.24) is 21.3 Å². The maximum absolute atomic E-state index is 13.9. The SMILES string of the molecule is O=C(Nc1cccc(NC(=O)Nc2cc(C(O)=Nc3ccc(C4=NCCN4)cc3)ccc2C(O)=Nc2ccc(C3=NCCN3)cc2)c1)Nc1cc(C(O)=Nc2ccc(C3=NCCN3)cc2)ccc1C(O)=Nc1ccc(C2=NCCN2)cc1. The van der Waals surface area contributed by atoms with E-state index in [1.807, 2.05) is 48.5 Å². The standard InChI is InChI=1S/C60H54N16O6/c77-55(69-41-14-4-35(5-15-41)51-61-24-25-62-51)39-12-22-47(57(79)71-43-18-8-37(9-19-43)53-65-28-29-66-53)49(32-39)75-59(81)73-45-2-1-3-46(34-45)74-60(82)76-50-33-40(56(78)70-42-16-6-36(7-17-42)52-63-26-27-64-52)13-23-48(50)58(80)72-44-20-10-38(11-21-44)54-67-30-31-68-54/h1-23,32-34H,24-31H2,(H,61,62)(H,63,64)(H,65,66)(H,67,68)(H,69,77)(H,70,78)(H,71,79)(H,72,80)(H2,73,75,81)(H2,74,76,82). The number of carbonyl (C=O) groups is 2. The summed E-state index contributed by atoms with van der Waals surface area (Å²) >= 11 is 0. The van der Waals surface area contributed by atoms with Crippen LogP contribution in [0, 0.1) is 0 Å². The van der Waals surface area contributed by atoms with Crippen LogP contribution >= 0.6 is 0 Å². The molecule has 11 rings (SSSR count). The molecule has 4 aliphatic rings. The first-order valence-electron chi connectivity index (χ1n) is 26.2. The Balaban J connectivity index is 0.819. The first-order chi connectivity index (χ1) is 40.0. The highest BCUT2D eigenvalue weighted by Gasteiger charge is 2.19. The van der Waals surface area contributed by atoms with Crippen molar-refractivity contribution in [2.45, 2.75) is 0 Å². The Kier molecular flexibility index (Phi) is 15.6. The van der Waals surface area contributed by atoms with E-state index in [2.05, 4.69) is 82.5 Å². The molecule has 82 heavy (non-hydrogen) atoms. The zero-order valence-corrected chi connectivity index (χ0v) is 43.9. The Morgan fingerprint density at radius 2 is 0.671 bits per heavy atom. The highest BCUT2D eigenvalue weighted by atomic mass is 16.3. The zero-order chi connectivity index (χ0) is 56.4. The molecule has 4 heterocycles. The van der Waals surface area contributed by atoms with Gasteiger partial charge >= 0.3 is 12.1 Å². The number of nitrogens with zero attached hydrogens (tertiary/aromatic N) is 8. The summed E-state index contributed by atoms with van der Waals surface area (Å²) in [6, 6.07) is 42.5. The van der Waals surface area contributed by atoms with Crippen LogP contribution in [0.4, 0.5) is 55.1 Å². The monoisotopic (exact) mass is 1090 g/mol. The Bertz CT molecular complexity index is 3590. The molecule has 0 radical (unpaired) electrons. The van der Waals surface area contributed by atoms with Gasteiger partial charge in [0.1, 0.15) is 23.3 Å². The largest absolute Gasteiger partial charge is 0.493 e. The van der Waals surface area contributed by atoms with Crippen molar-refractivity contribution in [2.75, 3.05) is 73.6 Å². The van der Waals surface area contributed by atoms with Crippen LogP contribution in [-0.2, 0) is 0 Å². The molecule has 0 fully saturated rings. The number of nitrogens with one attached hydrogen (secondary N) is 8. The number of hydrogen-bond acceptors (Lipinski definition) is 14. The lowest BCUT2D eigenvalue weighted by Gasteiger charge is -2.15. The van der Waals surface area contributed by atoms with Crippen LogP contribution in [0.5, 0.6) is 0 Å². The molecule has 4 aliphatic heterocycles. The second-order valence-corrected chi connectivity index (χ2v) is 18.8. The molecule has 0 unspecified atom stereocenters. The van der Waals surface area contributed by atoms with Gasteiger partial charge in [-0.25, -0.2) is 29.6 Å². The van der Waals surface area contributed by atoms with E-state index < -0.39 is 23.9 Å². The highest BCUT2D eigenvalue weighted by molar-refractivity contribution is 6.11. The van der Waals surface area contributed by atoms with E-state index in [9.17, 15) is 30.0 Å². The molecule has 4 amide bonds. The molecular weight excluding hydrogens is 1040 g/mol. The minimum atomic E-state index is -0.745. The molecule has 0 aromatic heterocycles. The second kappa shape index (κ2) is 24.2. The van der Waals surface area contributed by atoms with Crippen LogP contribution in [-0.4, -0.2) is 132 Å². The minimum absolute atomic E-state index is 0.0768. The lowest BCUT2D eigenvalue weighted by molar-refractivity contribution is 0.261. The number of anilines is 4. The molecule has 7 aromatic carbocycles. The summed E-state index contributed by atoms with van der Waals surface area (Å²) < 4.78 is 0. The molecule has 0 saturated carbocycles. The third kappa shape index (κ3) is 12.9. The maximum atomic E-state index is 13.9. The third-order valence-electron chi connectivity index (χ3n) is 13.1. The normalized spacial score (nSPS) is 15.2. The number of rotatable bonds is 16. The fraction of sp³-hybridized carbons (Fsp3) is 0.133. The summed E-state index contributed by atoms with van der Waals surface area (Å²) in [6.07, 6.45) is 0. The second-order valence-electron chi connectivity index (χ2n) is 18.8. The Morgan fingerprint density at radius 1 is 0.366 bits per heavy atom. The smallest absolute Gasteiger partial charge is 0.323 e. The summed E-state index contributed by atoms with van der Waals surface area (Å²) in [4.78, 5) is 63.3. The molecule has 0 aliphatic carbocycles. The van der Waals surface area contributed by atoms with Crippen molar-refractivity contribution in [3.63, 3.8) is 0 Å². The van der Waals surface area contributed by atoms with Gasteiger partial charge in [0, 0.05) is 70.9 Å². The summed E-state index contributed by atoms with van der Waals surface area (Å²) in [5.74, 6) is 1.56. The van der Waals surface area contributed by atoms with Crippen LogP contribution in [0.1, 0.15) is 44.5 Å². The molecule has 0 atom stereocenters. The molecule has 0 bridgehead atoms. The number of aliphatic hydroxyl groups is 4. The van der Waals surface area contributed by atoms with Gasteiger partial charge in [-0.15, -0.1) is 0 Å². The number of aliphatic hydroxyl groups excluding tert-OH is 4. The van der Waals surface area contributed by atoms with Crippen LogP contribution in [0.3, 0.4) is 0 Å². The van der Waals surface area contributed by atoms with E-state index in [1.54, 1.807) is 78.9 Å². The van der Waals surface area contributed by atoms with Gasteiger partial charge < -0.3 is 63.0 Å². The third-order valence-corrected chi connectivity index (χ3v) is 13.1. The van der Waals surface area contributed by atoms with E-state index in [4.69, 9.17) is 0 Å². The number of carbonyl (C=O) groups excluding carboxylic acids is 2. The molecule has 22 nitrogen and oxygen atoms in total. The number of amides is 4. The van der Waals surface area contributed by atoms with Crippen molar-refractivity contribution in [3.05, 3.63) is 202 Å². The first kappa shape index (κ1) is 52.9. The number of urea groups is 2. The van der Waals surface area contributed by atoms with Crippen LogP contribution in [0.25, 0.3) is 0 Å². The summed E-state index contributed by atoms with van der Waals surface area (Å²) in [7, 11) is 0. The average Bonchev–Trinajstić information content (AvgIpc) is 4.47. The fourth-order valence-electron chi connectivity index (χ4n) is 9.09. The lowest BCUT2D eigenvalue weighted by Crippen LogP contribution is -2.23. The molecular formula is C60H54N16O6. The molecule has 12 N–H and O–H groups in total. The highest BCUT2D eigenvalue weighted by Crippen LogP contribution is 2.27. The van der Waals surface area contributed by atoms with Gasteiger partial charge in [0.05, 0.1) is 71.4 Å². The predicted octanol–water partition coefficient (Wildman–Crippen LogP) is 8.92. The van der Waals surface area contributed by atoms with Crippen molar-refractivity contribution < 1.29 is 30.0 Å². The minimum Gasteiger partial charge on any atom is -0.493 e. The summed E-state index contributed by atoms with van der Waals surface area (Å²) in [5.41, 5.74) is 6.67. The summed E-state index contributed by atoms with van der Waals surface area (Å²) in [5, 5.41) is 69.6. The van der Waals surface area contributed by atoms with Crippen molar-refractivity contribution in [1.29, 1.82) is 0 Å². The summed E-state index contributed by atoms with van der Waals surface area (Å²) in [6.45, 7) is 5.77. The average molecular weight is 1100 g/mol. The number of amidine groups is 4. The van der Waals surface area contributed by atoms with Gasteiger partial charge in [-0.05, 0) is 152 Å². The predicted molar refractivity (Wildman–Crippen MR) is 323 cm³/mol. The molecule has 0 saturated heterocycles. The van der Waals surface area contributed by atoms with E-state index in [1.165, 1.54) is 30.3 Å². The van der Waals surface area contributed by atoms with Crippen LogP contribution < -0.4 is 42.5 Å². The molecule has 410 valence electrons. The van der Waals surface area contributed by atoms with Crippen molar-refractivity contribution >= 4 is 104 Å². The van der Waals surface area contributed by atoms with Gasteiger partial charge in [-0.1, -0.05) is 6.07 Å². The quantitative estimate of drug-likeness (QED) is 0.0322. The fourth-order valence-corrected chi connectivity index (χ4v) is 9.09. The van der Waals surface area contributed by atoms with E-state index in [-0.39, 0.29) is 56.8 Å². The van der Waals surface area contributed by atoms with Crippen LogP contribution in [0.2, 0.25) is 0 Å². The van der Waals surface area contributed by atoms with E-state index >= 15 is 0 Å². The Labute approximate surface area is 469 Å². The molecule has 22 heteroatoms. The number of hydrogen-bond donors (Lipinski definition) is 12. The number of benzene rings is 7. The Hall–Kier alpha value is -11.2. The van der Waals surface area contributed by atoms with Gasteiger partial charge in [-0.2, -0.15) is 0 Å². The van der Waals surface area contributed by atoms with E-state index in [0.717, 1.165) is 71.8 Å². The molecule has 7 aromatic rings. The van der Waals surface area contributed by atoms with Gasteiger partial charge in [0.15, 0.2) is 0 Å². The van der Waals surface area contributed by atoms with Gasteiger partial charge in [0.25, 0.3) is 0 Å². The first-order valence-corrected chi connectivity index (χ1v) is 26.2. The van der Waals surface area contributed by atoms with Crippen molar-refractivity contribution in [2.24, 2.45) is 39.9 Å². The van der Waals surface area contributed by atoms with Gasteiger partial charge in [-0.3, -0.25) is 20.0 Å². The lowest BCUT2D eigenvalue weighted by atomic mass is 10.1. The van der Waals surface area contributed by atoms with E-state index in [0.29, 0.717) is 48.9 Å². The zero-order valence-electron chi connectivity index (χ0n) is 43.9. The number of aliphatic imine (C=N–C) groups is 8. The van der Waals surface area contributed by atoms with Crippen molar-refractivity contribution in [3.8, 4) is 0 Å². The maximum Gasteiger partial charge on any atom is 0.323 e. The molecule has 0 spiro atoms.